The highest BCUT2D eigenvalue weighted by atomic mass is 16.5. The summed E-state index contributed by atoms with van der Waals surface area (Å²) in [6.45, 7) is 8.14. The van der Waals surface area contributed by atoms with Gasteiger partial charge in [-0.25, -0.2) is 0 Å². The fraction of sp³-hybridized carbons (Fsp3) is 0.474. The van der Waals surface area contributed by atoms with Gasteiger partial charge in [-0.2, -0.15) is 4.98 Å². The molecule has 1 aromatic carbocycles. The number of carboxylic acid groups (broad SMARTS) is 1. The summed E-state index contributed by atoms with van der Waals surface area (Å²) in [7, 11) is 0. The molecule has 0 bridgehead atoms. The van der Waals surface area contributed by atoms with Crippen molar-refractivity contribution in [2.45, 2.75) is 45.6 Å². The molecule has 2 aromatic rings. The highest BCUT2D eigenvalue weighted by Gasteiger charge is 2.39. The summed E-state index contributed by atoms with van der Waals surface area (Å²) in [5.41, 5.74) is 0.736. The van der Waals surface area contributed by atoms with E-state index in [-0.39, 0.29) is 17.4 Å². The van der Waals surface area contributed by atoms with Crippen LogP contribution >= 0.6 is 0 Å². The van der Waals surface area contributed by atoms with E-state index in [0.717, 1.165) is 0 Å². The Balaban J connectivity index is 1.94. The van der Waals surface area contributed by atoms with Gasteiger partial charge in [-0.3, -0.25) is 9.59 Å². The second-order valence-corrected chi connectivity index (χ2v) is 7.69. The van der Waals surface area contributed by atoms with Crippen LogP contribution in [0.1, 0.15) is 50.3 Å². The van der Waals surface area contributed by atoms with E-state index in [4.69, 9.17) is 4.52 Å². The van der Waals surface area contributed by atoms with Gasteiger partial charge in [-0.15, -0.1) is 0 Å². The summed E-state index contributed by atoms with van der Waals surface area (Å²) >= 11 is 0. The second kappa shape index (κ2) is 6.55. The van der Waals surface area contributed by atoms with Crippen molar-refractivity contribution >= 4 is 11.9 Å². The summed E-state index contributed by atoms with van der Waals surface area (Å²) in [6, 6.07) is 6.69. The quantitative estimate of drug-likeness (QED) is 0.907. The minimum atomic E-state index is -0.868. The number of aliphatic carboxylic acids is 1. The predicted octanol–water partition coefficient (Wildman–Crippen LogP) is 2.97. The SMILES string of the molecule is CC1C(C(=O)O)CCN1C(=O)c1ccccc1-c1nc(C(C)(C)C)no1. The number of hydrogen-bond donors (Lipinski definition) is 1. The molecule has 7 nitrogen and oxygen atoms in total. The molecule has 1 amide bonds. The first kappa shape index (κ1) is 18.1. The van der Waals surface area contributed by atoms with Crippen LogP contribution in [0.5, 0.6) is 0 Å². The summed E-state index contributed by atoms with van der Waals surface area (Å²) in [5, 5.41) is 13.3. The van der Waals surface area contributed by atoms with Gasteiger partial charge in [-0.1, -0.05) is 38.1 Å². The molecule has 1 aromatic heterocycles. The van der Waals surface area contributed by atoms with E-state index in [1.54, 1.807) is 36.1 Å². The molecule has 0 saturated carbocycles. The lowest BCUT2D eigenvalue weighted by Gasteiger charge is -2.24. The largest absolute Gasteiger partial charge is 0.481 e. The lowest BCUT2D eigenvalue weighted by molar-refractivity contribution is -0.142. The van der Waals surface area contributed by atoms with Gasteiger partial charge in [0.1, 0.15) is 0 Å². The molecule has 1 aliphatic heterocycles. The highest BCUT2D eigenvalue weighted by Crippen LogP contribution is 2.30. The third-order valence-electron chi connectivity index (χ3n) is 4.82. The van der Waals surface area contributed by atoms with Crippen LogP contribution in [0.4, 0.5) is 0 Å². The van der Waals surface area contributed by atoms with Gasteiger partial charge in [0, 0.05) is 18.0 Å². The number of rotatable bonds is 3. The molecule has 0 radical (unpaired) electrons. The van der Waals surface area contributed by atoms with Crippen molar-refractivity contribution in [3.05, 3.63) is 35.7 Å². The third-order valence-corrected chi connectivity index (χ3v) is 4.82. The van der Waals surface area contributed by atoms with E-state index in [9.17, 15) is 14.7 Å². The van der Waals surface area contributed by atoms with Crippen molar-refractivity contribution < 1.29 is 19.2 Å². The number of likely N-dealkylation sites (tertiary alicyclic amines) is 1. The predicted molar refractivity (Wildman–Crippen MR) is 94.7 cm³/mol. The first-order valence-corrected chi connectivity index (χ1v) is 8.67. The molecule has 1 aliphatic rings. The van der Waals surface area contributed by atoms with Crippen LogP contribution in [0.2, 0.25) is 0 Å². The molecule has 7 heteroatoms. The van der Waals surface area contributed by atoms with Crippen molar-refractivity contribution in [3.8, 4) is 11.5 Å². The van der Waals surface area contributed by atoms with E-state index >= 15 is 0 Å². The monoisotopic (exact) mass is 357 g/mol. The highest BCUT2D eigenvalue weighted by molar-refractivity contribution is 6.00. The average molecular weight is 357 g/mol. The van der Waals surface area contributed by atoms with Crippen LogP contribution in [-0.2, 0) is 10.2 Å². The van der Waals surface area contributed by atoms with Gasteiger partial charge in [0.15, 0.2) is 5.82 Å². The molecule has 2 heterocycles. The van der Waals surface area contributed by atoms with Gasteiger partial charge in [0.25, 0.3) is 11.8 Å². The fourth-order valence-electron chi connectivity index (χ4n) is 3.20. The van der Waals surface area contributed by atoms with Gasteiger partial charge in [0.05, 0.1) is 17.0 Å². The zero-order valence-electron chi connectivity index (χ0n) is 15.4. The van der Waals surface area contributed by atoms with E-state index in [2.05, 4.69) is 10.1 Å². The zero-order chi connectivity index (χ0) is 19.1. The van der Waals surface area contributed by atoms with Crippen molar-refractivity contribution in [1.29, 1.82) is 0 Å². The first-order valence-electron chi connectivity index (χ1n) is 8.67. The van der Waals surface area contributed by atoms with Gasteiger partial charge in [-0.05, 0) is 25.5 Å². The average Bonchev–Trinajstić information content (AvgIpc) is 3.20. The number of carbonyl (C=O) groups excluding carboxylic acids is 1. The Hall–Kier alpha value is -2.70. The minimum Gasteiger partial charge on any atom is -0.481 e. The first-order chi connectivity index (χ1) is 12.2. The maximum atomic E-state index is 13.1. The number of hydrogen-bond acceptors (Lipinski definition) is 5. The molecule has 1 saturated heterocycles. The standard InChI is InChI=1S/C19H23N3O4/c1-11-12(17(24)25)9-10-22(11)16(23)14-8-6-5-7-13(14)15-20-18(21-26-15)19(2,3)4/h5-8,11-12H,9-10H2,1-4H3,(H,24,25). The summed E-state index contributed by atoms with van der Waals surface area (Å²) in [4.78, 5) is 30.4. The fourth-order valence-corrected chi connectivity index (χ4v) is 3.20. The summed E-state index contributed by atoms with van der Waals surface area (Å²) < 4.78 is 5.39. The molecular weight excluding hydrogens is 334 g/mol. The van der Waals surface area contributed by atoms with Crippen molar-refractivity contribution in [2.24, 2.45) is 5.92 Å². The number of carbonyl (C=O) groups is 2. The number of carboxylic acids is 1. The van der Waals surface area contributed by atoms with Crippen LogP contribution in [0.15, 0.2) is 28.8 Å². The molecule has 1 fully saturated rings. The maximum absolute atomic E-state index is 13.1. The van der Waals surface area contributed by atoms with Crippen LogP contribution in [0.25, 0.3) is 11.5 Å². The molecule has 0 aliphatic carbocycles. The Morgan fingerprint density at radius 3 is 2.54 bits per heavy atom. The molecule has 3 rings (SSSR count). The van der Waals surface area contributed by atoms with Gasteiger partial charge in [0.2, 0.25) is 0 Å². The summed E-state index contributed by atoms with van der Waals surface area (Å²) in [5.74, 6) is -0.766. The molecule has 2 atom stereocenters. The van der Waals surface area contributed by atoms with Crippen molar-refractivity contribution in [2.75, 3.05) is 6.54 Å². The Kier molecular flexibility index (Phi) is 4.56. The van der Waals surface area contributed by atoms with E-state index in [0.29, 0.717) is 35.8 Å². The Morgan fingerprint density at radius 1 is 1.27 bits per heavy atom. The Morgan fingerprint density at radius 2 is 1.96 bits per heavy atom. The minimum absolute atomic E-state index is 0.215. The molecule has 0 spiro atoms. The molecule has 1 N–H and O–H groups in total. The van der Waals surface area contributed by atoms with Crippen LogP contribution in [0.3, 0.4) is 0 Å². The smallest absolute Gasteiger partial charge is 0.308 e. The van der Waals surface area contributed by atoms with E-state index in [1.807, 2.05) is 20.8 Å². The van der Waals surface area contributed by atoms with Gasteiger partial charge >= 0.3 is 5.97 Å². The molecule has 138 valence electrons. The van der Waals surface area contributed by atoms with Crippen molar-refractivity contribution in [1.82, 2.24) is 15.0 Å². The normalized spacial score (nSPS) is 20.4. The van der Waals surface area contributed by atoms with Crippen molar-refractivity contribution in [3.63, 3.8) is 0 Å². The third kappa shape index (κ3) is 3.21. The van der Waals surface area contributed by atoms with Gasteiger partial charge < -0.3 is 14.5 Å². The van der Waals surface area contributed by atoms with E-state index in [1.165, 1.54) is 0 Å². The lowest BCUT2D eigenvalue weighted by atomic mass is 9.96. The lowest BCUT2D eigenvalue weighted by Crippen LogP contribution is -2.37. The number of nitrogens with zero attached hydrogens (tertiary/aromatic N) is 3. The topological polar surface area (TPSA) is 96.5 Å². The number of amides is 1. The number of benzene rings is 1. The van der Waals surface area contributed by atoms with Crippen LogP contribution in [-0.4, -0.2) is 44.6 Å². The van der Waals surface area contributed by atoms with Crippen LogP contribution < -0.4 is 0 Å². The maximum Gasteiger partial charge on any atom is 0.308 e. The van der Waals surface area contributed by atoms with Crippen LogP contribution in [0, 0.1) is 5.92 Å². The number of aromatic nitrogens is 2. The Labute approximate surface area is 152 Å². The second-order valence-electron chi connectivity index (χ2n) is 7.69. The molecular formula is C19H23N3O4. The molecule has 2 unspecified atom stereocenters. The Bertz CT molecular complexity index is 837. The summed E-state index contributed by atoms with van der Waals surface area (Å²) in [6.07, 6.45) is 0.457. The zero-order valence-corrected chi connectivity index (χ0v) is 15.4. The van der Waals surface area contributed by atoms with E-state index < -0.39 is 11.9 Å². The molecule has 26 heavy (non-hydrogen) atoms.